The van der Waals surface area contributed by atoms with Gasteiger partial charge in [-0.3, -0.25) is 4.21 Å². The van der Waals surface area contributed by atoms with E-state index in [-0.39, 0.29) is 0 Å². The first-order valence-electron chi connectivity index (χ1n) is 4.61. The van der Waals surface area contributed by atoms with E-state index in [2.05, 4.69) is 26.1 Å². The Morgan fingerprint density at radius 3 is 2.42 bits per heavy atom. The van der Waals surface area contributed by atoms with E-state index in [1.54, 1.807) is 6.26 Å². The van der Waals surface area contributed by atoms with E-state index in [9.17, 15) is 4.21 Å². The summed E-state index contributed by atoms with van der Waals surface area (Å²) in [6.07, 6.45) is 2.94. The molecule has 1 N–H and O–H groups in total. The van der Waals surface area contributed by atoms with E-state index in [0.29, 0.717) is 12.0 Å². The van der Waals surface area contributed by atoms with Gasteiger partial charge in [-0.2, -0.15) is 0 Å². The van der Waals surface area contributed by atoms with Crippen LogP contribution in [0.5, 0.6) is 0 Å². The number of rotatable bonds is 6. The lowest BCUT2D eigenvalue weighted by atomic mass is 10.0. The van der Waals surface area contributed by atoms with Crippen LogP contribution >= 0.6 is 0 Å². The maximum Gasteiger partial charge on any atom is 0.0357 e. The highest BCUT2D eigenvalue weighted by atomic mass is 32.2. The first-order chi connectivity index (χ1) is 5.57. The minimum absolute atomic E-state index is 0.540. The number of hydrogen-bond acceptors (Lipinski definition) is 2. The summed E-state index contributed by atoms with van der Waals surface area (Å²) in [5.74, 6) is 1.47. The van der Waals surface area contributed by atoms with Gasteiger partial charge in [0.15, 0.2) is 0 Å². The van der Waals surface area contributed by atoms with Gasteiger partial charge in [-0.15, -0.1) is 0 Å². The molecular formula is C9H21NOS. The summed E-state index contributed by atoms with van der Waals surface area (Å²) in [6.45, 7) is 7.49. The van der Waals surface area contributed by atoms with Crippen LogP contribution in [0, 0.1) is 5.92 Å². The molecule has 0 aromatic rings. The second-order valence-corrected chi connectivity index (χ2v) is 4.96. The standard InChI is InChI=1S/C9H21NOS/c1-5-8(2)9(3)10-6-7-12(4)11/h8-10H,5-7H2,1-4H3. The number of nitrogens with one attached hydrogen (secondary N) is 1. The molecule has 0 aliphatic rings. The Morgan fingerprint density at radius 1 is 1.42 bits per heavy atom. The Kier molecular flexibility index (Phi) is 6.67. The maximum absolute atomic E-state index is 10.7. The fourth-order valence-corrected chi connectivity index (χ4v) is 1.39. The van der Waals surface area contributed by atoms with Gasteiger partial charge in [0.25, 0.3) is 0 Å². The molecule has 0 aromatic heterocycles. The summed E-state index contributed by atoms with van der Waals surface area (Å²) in [5, 5.41) is 3.37. The van der Waals surface area contributed by atoms with Crippen LogP contribution in [-0.2, 0) is 10.8 Å². The molecule has 0 aliphatic heterocycles. The van der Waals surface area contributed by atoms with E-state index in [4.69, 9.17) is 0 Å². The molecule has 3 atom stereocenters. The van der Waals surface area contributed by atoms with Crippen molar-refractivity contribution in [3.05, 3.63) is 0 Å². The normalized spacial score (nSPS) is 18.7. The Morgan fingerprint density at radius 2 is 2.00 bits per heavy atom. The van der Waals surface area contributed by atoms with Crippen molar-refractivity contribution in [3.63, 3.8) is 0 Å². The Bertz CT molecular complexity index is 138. The lowest BCUT2D eigenvalue weighted by Gasteiger charge is -2.19. The SMILES string of the molecule is CCC(C)C(C)NCCS(C)=O. The zero-order valence-corrected chi connectivity index (χ0v) is 9.41. The summed E-state index contributed by atoms with van der Waals surface area (Å²) in [6, 6.07) is 0.540. The fourth-order valence-electron chi connectivity index (χ4n) is 0.985. The van der Waals surface area contributed by atoms with Crippen molar-refractivity contribution in [2.45, 2.75) is 33.2 Å². The highest BCUT2D eigenvalue weighted by Gasteiger charge is 2.08. The monoisotopic (exact) mass is 191 g/mol. The Labute approximate surface area is 78.6 Å². The van der Waals surface area contributed by atoms with Crippen molar-refractivity contribution in [3.8, 4) is 0 Å². The third-order valence-electron chi connectivity index (χ3n) is 2.35. The van der Waals surface area contributed by atoms with Crippen LogP contribution in [0.4, 0.5) is 0 Å². The molecule has 0 spiro atoms. The van der Waals surface area contributed by atoms with Gasteiger partial charge in [-0.05, 0) is 12.8 Å². The van der Waals surface area contributed by atoms with Crippen LogP contribution in [0.2, 0.25) is 0 Å². The van der Waals surface area contributed by atoms with Crippen molar-refractivity contribution in [2.75, 3.05) is 18.6 Å². The van der Waals surface area contributed by atoms with Crippen LogP contribution in [0.15, 0.2) is 0 Å². The first kappa shape index (κ1) is 12.1. The van der Waals surface area contributed by atoms with E-state index >= 15 is 0 Å². The van der Waals surface area contributed by atoms with Crippen LogP contribution in [0.1, 0.15) is 27.2 Å². The molecule has 3 unspecified atom stereocenters. The van der Waals surface area contributed by atoms with Crippen LogP contribution in [0.3, 0.4) is 0 Å². The Balaban J connectivity index is 3.43. The average molecular weight is 191 g/mol. The zero-order valence-electron chi connectivity index (χ0n) is 8.59. The van der Waals surface area contributed by atoms with Crippen molar-refractivity contribution in [2.24, 2.45) is 5.92 Å². The molecule has 0 fully saturated rings. The largest absolute Gasteiger partial charge is 0.313 e. The predicted molar refractivity (Wildman–Crippen MR) is 55.9 cm³/mol. The topological polar surface area (TPSA) is 29.1 Å². The van der Waals surface area contributed by atoms with Crippen LogP contribution in [-0.4, -0.2) is 28.8 Å². The highest BCUT2D eigenvalue weighted by molar-refractivity contribution is 7.84. The van der Waals surface area contributed by atoms with Crippen molar-refractivity contribution < 1.29 is 4.21 Å². The molecule has 0 radical (unpaired) electrons. The smallest absolute Gasteiger partial charge is 0.0357 e. The second-order valence-electron chi connectivity index (χ2n) is 3.41. The molecule has 0 saturated carbocycles. The van der Waals surface area contributed by atoms with E-state index < -0.39 is 10.8 Å². The zero-order chi connectivity index (χ0) is 9.56. The van der Waals surface area contributed by atoms with E-state index in [1.807, 2.05) is 0 Å². The molecule has 74 valence electrons. The van der Waals surface area contributed by atoms with Crippen molar-refractivity contribution in [1.82, 2.24) is 5.32 Å². The molecule has 2 nitrogen and oxygen atoms in total. The van der Waals surface area contributed by atoms with Gasteiger partial charge < -0.3 is 5.32 Å². The number of hydrogen-bond donors (Lipinski definition) is 1. The van der Waals surface area contributed by atoms with E-state index in [0.717, 1.165) is 12.3 Å². The Hall–Kier alpha value is 0.110. The third kappa shape index (κ3) is 5.72. The molecule has 12 heavy (non-hydrogen) atoms. The molecule has 0 aliphatic carbocycles. The minimum Gasteiger partial charge on any atom is -0.313 e. The fraction of sp³-hybridized carbons (Fsp3) is 1.00. The summed E-state index contributed by atoms with van der Waals surface area (Å²) >= 11 is 0. The van der Waals surface area contributed by atoms with Crippen LogP contribution < -0.4 is 5.32 Å². The van der Waals surface area contributed by atoms with E-state index in [1.165, 1.54) is 6.42 Å². The highest BCUT2D eigenvalue weighted by Crippen LogP contribution is 2.05. The molecule has 0 saturated heterocycles. The van der Waals surface area contributed by atoms with Crippen LogP contribution in [0.25, 0.3) is 0 Å². The van der Waals surface area contributed by atoms with Crippen molar-refractivity contribution >= 4 is 10.8 Å². The van der Waals surface area contributed by atoms with Gasteiger partial charge >= 0.3 is 0 Å². The van der Waals surface area contributed by atoms with Gasteiger partial charge in [0.1, 0.15) is 0 Å². The van der Waals surface area contributed by atoms with Crippen molar-refractivity contribution in [1.29, 1.82) is 0 Å². The molecule has 0 aromatic carbocycles. The lowest BCUT2D eigenvalue weighted by Crippen LogP contribution is -2.34. The molecule has 0 bridgehead atoms. The summed E-state index contributed by atoms with van der Waals surface area (Å²) in [5.41, 5.74) is 0. The molecular weight excluding hydrogens is 170 g/mol. The maximum atomic E-state index is 10.7. The molecule has 0 amide bonds. The summed E-state index contributed by atoms with van der Waals surface area (Å²) in [7, 11) is -0.660. The van der Waals surface area contributed by atoms with Gasteiger partial charge in [0.2, 0.25) is 0 Å². The molecule has 0 heterocycles. The summed E-state index contributed by atoms with van der Waals surface area (Å²) < 4.78 is 10.7. The molecule has 0 rings (SSSR count). The minimum atomic E-state index is -0.660. The third-order valence-corrected chi connectivity index (χ3v) is 3.13. The molecule has 3 heteroatoms. The second kappa shape index (κ2) is 6.61. The van der Waals surface area contributed by atoms with Gasteiger partial charge in [-0.25, -0.2) is 0 Å². The first-order valence-corrected chi connectivity index (χ1v) is 6.34. The lowest BCUT2D eigenvalue weighted by molar-refractivity contribution is 0.399. The predicted octanol–water partition coefficient (Wildman–Crippen LogP) is 1.39. The average Bonchev–Trinajstić information content (AvgIpc) is 2.02. The summed E-state index contributed by atoms with van der Waals surface area (Å²) in [4.78, 5) is 0. The van der Waals surface area contributed by atoms with Gasteiger partial charge in [-0.1, -0.05) is 20.3 Å². The van der Waals surface area contributed by atoms with Gasteiger partial charge in [0, 0.05) is 35.4 Å². The van der Waals surface area contributed by atoms with Gasteiger partial charge in [0.05, 0.1) is 0 Å². The quantitative estimate of drug-likeness (QED) is 0.687.